The summed E-state index contributed by atoms with van der Waals surface area (Å²) in [6.45, 7) is 10.4. The molecule has 0 atom stereocenters. The predicted molar refractivity (Wildman–Crippen MR) is 87.7 cm³/mol. The fraction of sp³-hybridized carbons (Fsp3) is 0.944. The summed E-state index contributed by atoms with van der Waals surface area (Å²) in [6.07, 6.45) is 15.0. The largest absolute Gasteiger partial charge is 0.300 e. The van der Waals surface area contributed by atoms with Crippen LogP contribution >= 0.6 is 0 Å². The SMILES string of the molecule is CCC(C)=O.CCCCCC(CCC)CCCCC. The molecular formula is C18H38O. The van der Waals surface area contributed by atoms with Crippen molar-refractivity contribution in [3.63, 3.8) is 0 Å². The van der Waals surface area contributed by atoms with Crippen LogP contribution in [-0.4, -0.2) is 5.78 Å². The van der Waals surface area contributed by atoms with Crippen LogP contribution in [0.25, 0.3) is 0 Å². The molecule has 19 heavy (non-hydrogen) atoms. The van der Waals surface area contributed by atoms with Gasteiger partial charge >= 0.3 is 0 Å². The molecule has 0 aliphatic heterocycles. The van der Waals surface area contributed by atoms with E-state index in [0.717, 1.165) is 5.92 Å². The Kier molecular flexibility index (Phi) is 19.5. The Hall–Kier alpha value is -0.330. The summed E-state index contributed by atoms with van der Waals surface area (Å²) in [5.41, 5.74) is 0. The molecule has 0 N–H and O–H groups in total. The second kappa shape index (κ2) is 17.7. The van der Waals surface area contributed by atoms with Gasteiger partial charge in [0.05, 0.1) is 0 Å². The highest BCUT2D eigenvalue weighted by atomic mass is 16.1. The average Bonchev–Trinajstić information content (AvgIpc) is 2.40. The third kappa shape index (κ3) is 20.2. The zero-order valence-electron chi connectivity index (χ0n) is 14.3. The van der Waals surface area contributed by atoms with Crippen molar-refractivity contribution in [2.24, 2.45) is 5.92 Å². The molecule has 0 aromatic rings. The van der Waals surface area contributed by atoms with Gasteiger partial charge in [-0.25, -0.2) is 0 Å². The maximum atomic E-state index is 9.81. The molecule has 0 aromatic heterocycles. The number of Topliss-reactive ketones (excluding diaryl/α,β-unsaturated/α-hetero) is 1. The minimum atomic E-state index is 0.255. The summed E-state index contributed by atoms with van der Waals surface area (Å²) < 4.78 is 0. The van der Waals surface area contributed by atoms with Crippen molar-refractivity contribution in [3.05, 3.63) is 0 Å². The van der Waals surface area contributed by atoms with Crippen LogP contribution in [0.3, 0.4) is 0 Å². The first-order chi connectivity index (χ1) is 9.12. The summed E-state index contributed by atoms with van der Waals surface area (Å²) in [5.74, 6) is 1.29. The van der Waals surface area contributed by atoms with E-state index in [1.165, 1.54) is 64.2 Å². The Balaban J connectivity index is 0. The molecule has 0 aromatic carbocycles. The molecule has 1 heteroatoms. The van der Waals surface area contributed by atoms with Gasteiger partial charge in [-0.2, -0.15) is 0 Å². The van der Waals surface area contributed by atoms with Crippen molar-refractivity contribution in [1.82, 2.24) is 0 Å². The quantitative estimate of drug-likeness (QED) is 0.389. The first-order valence-corrected chi connectivity index (χ1v) is 8.61. The van der Waals surface area contributed by atoms with E-state index < -0.39 is 0 Å². The van der Waals surface area contributed by atoms with Gasteiger partial charge in [-0.15, -0.1) is 0 Å². The van der Waals surface area contributed by atoms with Crippen LogP contribution in [0.15, 0.2) is 0 Å². The first kappa shape index (κ1) is 21.0. The normalized spacial score (nSPS) is 10.2. The highest BCUT2D eigenvalue weighted by Crippen LogP contribution is 2.21. The first-order valence-electron chi connectivity index (χ1n) is 8.61. The number of carbonyl (C=O) groups excluding carboxylic acids is 1. The van der Waals surface area contributed by atoms with E-state index in [1.54, 1.807) is 6.92 Å². The third-order valence-electron chi connectivity index (χ3n) is 3.63. The van der Waals surface area contributed by atoms with Crippen LogP contribution < -0.4 is 0 Å². The van der Waals surface area contributed by atoms with Gasteiger partial charge in [0.1, 0.15) is 5.78 Å². The van der Waals surface area contributed by atoms with E-state index >= 15 is 0 Å². The number of hydrogen-bond donors (Lipinski definition) is 0. The van der Waals surface area contributed by atoms with E-state index in [-0.39, 0.29) is 5.78 Å². The van der Waals surface area contributed by atoms with Crippen LogP contribution in [0.1, 0.15) is 105 Å². The Morgan fingerprint density at radius 1 is 0.737 bits per heavy atom. The van der Waals surface area contributed by atoms with Crippen molar-refractivity contribution < 1.29 is 4.79 Å². The zero-order valence-corrected chi connectivity index (χ0v) is 14.3. The average molecular weight is 271 g/mol. The van der Waals surface area contributed by atoms with Gasteiger partial charge in [0.25, 0.3) is 0 Å². The Morgan fingerprint density at radius 2 is 1.16 bits per heavy atom. The summed E-state index contributed by atoms with van der Waals surface area (Å²) in [6, 6.07) is 0. The van der Waals surface area contributed by atoms with Crippen molar-refractivity contribution in [2.45, 2.75) is 105 Å². The molecule has 1 nitrogen and oxygen atoms in total. The molecule has 0 fully saturated rings. The molecule has 0 spiro atoms. The highest BCUT2D eigenvalue weighted by molar-refractivity contribution is 5.74. The van der Waals surface area contributed by atoms with Gasteiger partial charge in [-0.05, 0) is 12.8 Å². The summed E-state index contributed by atoms with van der Waals surface area (Å²) in [7, 11) is 0. The molecule has 0 aliphatic carbocycles. The van der Waals surface area contributed by atoms with Gasteiger partial charge in [-0.1, -0.05) is 91.9 Å². The molecule has 0 rings (SSSR count). The number of ketones is 1. The minimum absolute atomic E-state index is 0.255. The Morgan fingerprint density at radius 3 is 1.42 bits per heavy atom. The Labute approximate surface area is 122 Å². The van der Waals surface area contributed by atoms with E-state index in [4.69, 9.17) is 0 Å². The molecule has 0 amide bonds. The van der Waals surface area contributed by atoms with Crippen LogP contribution in [0, 0.1) is 5.92 Å². The monoisotopic (exact) mass is 270 g/mol. The fourth-order valence-corrected chi connectivity index (χ4v) is 2.21. The standard InChI is InChI=1S/C14H30.C4H8O/c1-4-7-9-12-14(11-6-3)13-10-8-5-2;1-3-4(2)5/h14H,4-13H2,1-3H3;3H2,1-2H3. The number of rotatable bonds is 11. The lowest BCUT2D eigenvalue weighted by molar-refractivity contribution is -0.116. The van der Waals surface area contributed by atoms with E-state index in [2.05, 4.69) is 20.8 Å². The Bertz CT molecular complexity index is 165. The lowest BCUT2D eigenvalue weighted by atomic mass is 9.91. The third-order valence-corrected chi connectivity index (χ3v) is 3.63. The lowest BCUT2D eigenvalue weighted by Gasteiger charge is -2.15. The van der Waals surface area contributed by atoms with Crippen molar-refractivity contribution in [2.75, 3.05) is 0 Å². The molecule has 0 radical (unpaired) electrons. The molecular weight excluding hydrogens is 232 g/mol. The van der Waals surface area contributed by atoms with E-state index in [1.807, 2.05) is 6.92 Å². The van der Waals surface area contributed by atoms with Crippen molar-refractivity contribution >= 4 is 5.78 Å². The maximum absolute atomic E-state index is 9.81. The summed E-state index contributed by atoms with van der Waals surface area (Å²) in [4.78, 5) is 9.81. The van der Waals surface area contributed by atoms with Crippen molar-refractivity contribution in [1.29, 1.82) is 0 Å². The van der Waals surface area contributed by atoms with Crippen LogP contribution in [0.2, 0.25) is 0 Å². The predicted octanol–water partition coefficient (Wildman–Crippen LogP) is 6.55. The van der Waals surface area contributed by atoms with Gasteiger partial charge in [0, 0.05) is 6.42 Å². The number of hydrogen-bond acceptors (Lipinski definition) is 1. The van der Waals surface area contributed by atoms with E-state index in [0.29, 0.717) is 6.42 Å². The van der Waals surface area contributed by atoms with Gasteiger partial charge < -0.3 is 4.79 Å². The fourth-order valence-electron chi connectivity index (χ4n) is 2.21. The summed E-state index contributed by atoms with van der Waals surface area (Å²) in [5, 5.41) is 0. The van der Waals surface area contributed by atoms with Crippen LogP contribution in [0.4, 0.5) is 0 Å². The smallest absolute Gasteiger partial charge is 0.129 e. The number of unbranched alkanes of at least 4 members (excludes halogenated alkanes) is 4. The molecule has 0 bridgehead atoms. The summed E-state index contributed by atoms with van der Waals surface area (Å²) >= 11 is 0. The minimum Gasteiger partial charge on any atom is -0.300 e. The molecule has 0 saturated carbocycles. The van der Waals surface area contributed by atoms with Gasteiger partial charge in [0.15, 0.2) is 0 Å². The highest BCUT2D eigenvalue weighted by Gasteiger charge is 2.06. The maximum Gasteiger partial charge on any atom is 0.129 e. The second-order valence-electron chi connectivity index (χ2n) is 5.70. The zero-order chi connectivity index (χ0) is 14.9. The van der Waals surface area contributed by atoms with Crippen molar-refractivity contribution in [3.8, 4) is 0 Å². The van der Waals surface area contributed by atoms with Crippen LogP contribution in [-0.2, 0) is 4.79 Å². The molecule has 0 saturated heterocycles. The number of carbonyl (C=O) groups is 1. The lowest BCUT2D eigenvalue weighted by Crippen LogP contribution is -2.00. The molecule has 0 aliphatic rings. The molecule has 0 heterocycles. The molecule has 0 unspecified atom stereocenters. The topological polar surface area (TPSA) is 17.1 Å². The second-order valence-corrected chi connectivity index (χ2v) is 5.70. The molecule has 116 valence electrons. The van der Waals surface area contributed by atoms with E-state index in [9.17, 15) is 4.79 Å². The van der Waals surface area contributed by atoms with Gasteiger partial charge in [0.2, 0.25) is 0 Å². The van der Waals surface area contributed by atoms with Crippen LogP contribution in [0.5, 0.6) is 0 Å². The van der Waals surface area contributed by atoms with Gasteiger partial charge in [-0.3, -0.25) is 0 Å².